The lowest BCUT2D eigenvalue weighted by Gasteiger charge is -2.34. The van der Waals surface area contributed by atoms with Crippen LogP contribution in [-0.2, 0) is 0 Å². The Kier molecular flexibility index (Phi) is 5.64. The van der Waals surface area contributed by atoms with Gasteiger partial charge in [-0.15, -0.1) is 0 Å². The molecule has 1 saturated heterocycles. The highest BCUT2D eigenvalue weighted by Crippen LogP contribution is 2.43. The number of phenolic OH excluding ortho intramolecular Hbond substituents is 2. The molecule has 4 rings (SSSR count). The van der Waals surface area contributed by atoms with Crippen LogP contribution in [0, 0.1) is 0 Å². The highest BCUT2D eigenvalue weighted by molar-refractivity contribution is 7.99. The van der Waals surface area contributed by atoms with E-state index in [4.69, 9.17) is 9.15 Å². The number of methoxy groups -OCH3 is 1. The van der Waals surface area contributed by atoms with Crippen molar-refractivity contribution in [1.29, 1.82) is 0 Å². The number of β-amino-alcohol motifs (C(OH)–C–C–N with tert-alkyl or cyclic N) is 1. The van der Waals surface area contributed by atoms with E-state index in [2.05, 4.69) is 0 Å². The summed E-state index contributed by atoms with van der Waals surface area (Å²) in [7, 11) is 3.50. The lowest BCUT2D eigenvalue weighted by Crippen LogP contribution is -2.40. The molecule has 158 valence electrons. The van der Waals surface area contributed by atoms with E-state index < -0.39 is 17.5 Å². The number of piperidine rings is 1. The van der Waals surface area contributed by atoms with Gasteiger partial charge in [-0.3, -0.25) is 4.79 Å². The molecule has 2 aromatic carbocycles. The third kappa shape index (κ3) is 3.86. The molecule has 8 heteroatoms. The number of hydrogen-bond acceptors (Lipinski definition) is 8. The fourth-order valence-electron chi connectivity index (χ4n) is 3.90. The van der Waals surface area contributed by atoms with E-state index in [0.717, 1.165) is 17.5 Å². The predicted octanol–water partition coefficient (Wildman–Crippen LogP) is 3.14. The summed E-state index contributed by atoms with van der Waals surface area (Å²) < 4.78 is 11.2. The molecular weight excluding hydrogens is 406 g/mol. The average Bonchev–Trinajstić information content (AvgIpc) is 2.69. The van der Waals surface area contributed by atoms with Crippen molar-refractivity contribution in [2.75, 3.05) is 27.2 Å². The van der Waals surface area contributed by atoms with Crippen molar-refractivity contribution in [3.05, 3.63) is 52.2 Å². The van der Waals surface area contributed by atoms with Gasteiger partial charge in [-0.25, -0.2) is 0 Å². The molecule has 1 aliphatic rings. The van der Waals surface area contributed by atoms with Crippen LogP contribution in [0.1, 0.15) is 17.9 Å². The fourth-order valence-corrected chi connectivity index (χ4v) is 4.69. The zero-order valence-corrected chi connectivity index (χ0v) is 17.5. The molecule has 0 bridgehead atoms. The van der Waals surface area contributed by atoms with Gasteiger partial charge in [0.1, 0.15) is 28.2 Å². The molecule has 7 nitrogen and oxygen atoms in total. The molecule has 1 fully saturated rings. The maximum absolute atomic E-state index is 12.8. The van der Waals surface area contributed by atoms with E-state index in [0.29, 0.717) is 29.4 Å². The fraction of sp³-hybridized carbons (Fsp3) is 0.318. The third-order valence-corrected chi connectivity index (χ3v) is 6.32. The lowest BCUT2D eigenvalue weighted by molar-refractivity contribution is 0.0630. The Morgan fingerprint density at radius 1 is 1.17 bits per heavy atom. The van der Waals surface area contributed by atoms with Gasteiger partial charge in [0.15, 0.2) is 10.5 Å². The van der Waals surface area contributed by atoms with Crippen molar-refractivity contribution in [2.45, 2.75) is 28.4 Å². The zero-order chi connectivity index (χ0) is 21.4. The number of likely N-dealkylation sites (N-methyl/N-ethyl adjacent to an activating group) is 1. The van der Waals surface area contributed by atoms with Gasteiger partial charge in [-0.2, -0.15) is 0 Å². The van der Waals surface area contributed by atoms with Crippen LogP contribution >= 0.6 is 11.8 Å². The first-order valence-electron chi connectivity index (χ1n) is 9.58. The highest BCUT2D eigenvalue weighted by Gasteiger charge is 2.33. The summed E-state index contributed by atoms with van der Waals surface area (Å²) in [6.45, 7) is 1.17. The predicted molar refractivity (Wildman–Crippen MR) is 114 cm³/mol. The van der Waals surface area contributed by atoms with Gasteiger partial charge < -0.3 is 29.4 Å². The van der Waals surface area contributed by atoms with Gasteiger partial charge in [-0.1, -0.05) is 11.8 Å². The van der Waals surface area contributed by atoms with E-state index in [-0.39, 0.29) is 22.5 Å². The van der Waals surface area contributed by atoms with Crippen LogP contribution in [0.5, 0.6) is 17.2 Å². The molecule has 0 radical (unpaired) electrons. The van der Waals surface area contributed by atoms with E-state index in [1.165, 1.54) is 17.8 Å². The number of aliphatic hydroxyl groups is 1. The lowest BCUT2D eigenvalue weighted by atomic mass is 9.85. The van der Waals surface area contributed by atoms with Crippen molar-refractivity contribution in [3.63, 3.8) is 0 Å². The minimum Gasteiger partial charge on any atom is -0.507 e. The Balaban J connectivity index is 1.82. The number of benzene rings is 2. The maximum atomic E-state index is 12.8. The van der Waals surface area contributed by atoms with Crippen LogP contribution in [-0.4, -0.2) is 53.6 Å². The van der Waals surface area contributed by atoms with Gasteiger partial charge in [0.25, 0.3) is 0 Å². The number of aliphatic hydroxyl groups excluding tert-OH is 1. The normalized spacial score (nSPS) is 19.8. The van der Waals surface area contributed by atoms with Crippen molar-refractivity contribution < 1.29 is 24.5 Å². The van der Waals surface area contributed by atoms with Gasteiger partial charge in [0.2, 0.25) is 0 Å². The Labute approximate surface area is 177 Å². The molecule has 3 N–H and O–H groups in total. The minimum absolute atomic E-state index is 0.00742. The quantitative estimate of drug-likeness (QED) is 0.581. The summed E-state index contributed by atoms with van der Waals surface area (Å²) in [5.74, 6) is -0.229. The monoisotopic (exact) mass is 429 g/mol. The van der Waals surface area contributed by atoms with E-state index >= 15 is 0 Å². The number of phenols is 2. The van der Waals surface area contributed by atoms with Crippen LogP contribution < -0.4 is 10.2 Å². The van der Waals surface area contributed by atoms with Gasteiger partial charge in [0.05, 0.1) is 13.2 Å². The summed E-state index contributed by atoms with van der Waals surface area (Å²) in [6, 6.07) is 9.77. The second-order valence-corrected chi connectivity index (χ2v) is 8.54. The summed E-state index contributed by atoms with van der Waals surface area (Å²) in [4.78, 5) is 15.6. The standard InChI is InChI=1S/C22H23NO6S/c1-23-8-7-14(18(27)11-23)20-15(24)9-16(25)21-17(26)10-19(29-22(20)21)30-13-5-3-12(28-2)4-6-13/h3-6,9-10,14,18,24-25,27H,7-8,11H2,1-2H3/t14-,18+/m1/s1. The number of ether oxygens (including phenoxy) is 1. The zero-order valence-electron chi connectivity index (χ0n) is 16.7. The molecule has 0 spiro atoms. The molecule has 0 unspecified atom stereocenters. The number of fused-ring (bicyclic) bond motifs is 1. The molecule has 1 aliphatic heterocycles. The Morgan fingerprint density at radius 2 is 1.90 bits per heavy atom. The van der Waals surface area contributed by atoms with Crippen LogP contribution in [0.2, 0.25) is 0 Å². The summed E-state index contributed by atoms with van der Waals surface area (Å²) in [5, 5.41) is 31.8. The Morgan fingerprint density at radius 3 is 2.57 bits per heavy atom. The molecule has 0 amide bonds. The van der Waals surface area contributed by atoms with Crippen molar-refractivity contribution in [1.82, 2.24) is 4.90 Å². The van der Waals surface area contributed by atoms with Crippen LogP contribution in [0.25, 0.3) is 11.0 Å². The first kappa shape index (κ1) is 20.6. The number of aromatic hydroxyl groups is 2. The first-order valence-corrected chi connectivity index (χ1v) is 10.4. The van der Waals surface area contributed by atoms with Crippen LogP contribution in [0.15, 0.2) is 55.6 Å². The summed E-state index contributed by atoms with van der Waals surface area (Å²) >= 11 is 1.25. The molecular formula is C22H23NO6S. The van der Waals surface area contributed by atoms with Gasteiger partial charge >= 0.3 is 0 Å². The van der Waals surface area contributed by atoms with E-state index in [9.17, 15) is 20.1 Å². The molecule has 0 aliphatic carbocycles. The summed E-state index contributed by atoms with van der Waals surface area (Å²) in [6.07, 6.45) is -0.143. The number of hydrogen-bond donors (Lipinski definition) is 3. The van der Waals surface area contributed by atoms with E-state index in [1.807, 2.05) is 24.1 Å². The van der Waals surface area contributed by atoms with Crippen molar-refractivity contribution >= 4 is 22.7 Å². The number of likely N-dealkylation sites (tertiary alicyclic amines) is 1. The Hall–Kier alpha value is -2.68. The topological polar surface area (TPSA) is 103 Å². The minimum atomic E-state index is -0.731. The molecule has 3 aromatic rings. The average molecular weight is 429 g/mol. The molecule has 30 heavy (non-hydrogen) atoms. The third-order valence-electron chi connectivity index (χ3n) is 5.41. The molecule has 1 aromatic heterocycles. The summed E-state index contributed by atoms with van der Waals surface area (Å²) in [5.41, 5.74) is 0.0655. The van der Waals surface area contributed by atoms with E-state index in [1.54, 1.807) is 19.2 Å². The van der Waals surface area contributed by atoms with Crippen molar-refractivity contribution in [2.24, 2.45) is 0 Å². The van der Waals surface area contributed by atoms with Crippen LogP contribution in [0.3, 0.4) is 0 Å². The Bertz CT molecular complexity index is 1130. The smallest absolute Gasteiger partial charge is 0.197 e. The first-order chi connectivity index (χ1) is 14.4. The molecule has 2 atom stereocenters. The number of rotatable bonds is 4. The SMILES string of the molecule is COc1ccc(Sc2cc(=O)c3c(O)cc(O)c([C@@H]4CCN(C)C[C@@H]4O)c3o2)cc1. The van der Waals surface area contributed by atoms with Gasteiger partial charge in [-0.05, 0) is 44.3 Å². The van der Waals surface area contributed by atoms with Crippen molar-refractivity contribution in [3.8, 4) is 17.2 Å². The number of nitrogens with zero attached hydrogens (tertiary/aromatic N) is 1. The molecule has 2 heterocycles. The molecule has 0 saturated carbocycles. The highest BCUT2D eigenvalue weighted by atomic mass is 32.2. The maximum Gasteiger partial charge on any atom is 0.197 e. The second kappa shape index (κ2) is 8.22. The largest absolute Gasteiger partial charge is 0.507 e. The second-order valence-electron chi connectivity index (χ2n) is 7.46. The van der Waals surface area contributed by atoms with Crippen LogP contribution in [0.4, 0.5) is 0 Å². The van der Waals surface area contributed by atoms with Gasteiger partial charge in [0, 0.05) is 35.1 Å².